The first-order valence-electron chi connectivity index (χ1n) is 11.3. The number of amides is 2. The van der Waals surface area contributed by atoms with Gasteiger partial charge in [0, 0.05) is 33.8 Å². The van der Waals surface area contributed by atoms with Crippen molar-refractivity contribution in [1.82, 2.24) is 15.1 Å². The molecule has 170 valence electrons. The summed E-state index contributed by atoms with van der Waals surface area (Å²) in [5, 5.41) is 21.5. The van der Waals surface area contributed by atoms with E-state index in [4.69, 9.17) is 11.6 Å². The van der Waals surface area contributed by atoms with E-state index in [0.717, 1.165) is 44.2 Å². The molecule has 2 aliphatic carbocycles. The summed E-state index contributed by atoms with van der Waals surface area (Å²) in [4.78, 5) is 25.5. The van der Waals surface area contributed by atoms with Crippen LogP contribution in [-0.2, 0) is 0 Å². The van der Waals surface area contributed by atoms with Gasteiger partial charge in [-0.25, -0.2) is 4.79 Å². The summed E-state index contributed by atoms with van der Waals surface area (Å²) in [5.41, 5.74) is 2.82. The highest BCUT2D eigenvalue weighted by molar-refractivity contribution is 6.30. The third kappa shape index (κ3) is 4.73. The Morgan fingerprint density at radius 2 is 1.73 bits per heavy atom. The number of nitrogens with one attached hydrogen (secondary N) is 2. The van der Waals surface area contributed by atoms with Gasteiger partial charge in [-0.2, -0.15) is 9.78 Å². The van der Waals surface area contributed by atoms with E-state index in [2.05, 4.69) is 15.7 Å². The predicted molar refractivity (Wildman–Crippen MR) is 127 cm³/mol. The molecule has 2 aliphatic rings. The molecule has 0 atom stereocenters. The van der Waals surface area contributed by atoms with Crippen molar-refractivity contribution in [2.24, 2.45) is 0 Å². The third-order valence-corrected chi connectivity index (χ3v) is 6.50. The molecule has 8 heteroatoms. The van der Waals surface area contributed by atoms with Gasteiger partial charge in [0.25, 0.3) is 5.91 Å². The van der Waals surface area contributed by atoms with Crippen LogP contribution in [0.25, 0.3) is 11.3 Å². The molecule has 2 fully saturated rings. The third-order valence-electron chi connectivity index (χ3n) is 6.24. The van der Waals surface area contributed by atoms with Crippen molar-refractivity contribution in [3.63, 3.8) is 0 Å². The number of anilines is 1. The van der Waals surface area contributed by atoms with Crippen molar-refractivity contribution in [3.8, 4) is 17.0 Å². The molecule has 0 unspecified atom stereocenters. The number of aromatic nitrogens is 2. The quantitative estimate of drug-likeness (QED) is 0.432. The van der Waals surface area contributed by atoms with Crippen molar-refractivity contribution in [2.75, 3.05) is 5.32 Å². The number of halogens is 1. The van der Waals surface area contributed by atoms with E-state index in [1.165, 1.54) is 10.7 Å². The number of carbonyl (C=O) groups is 2. The van der Waals surface area contributed by atoms with Crippen LogP contribution in [0.2, 0.25) is 5.02 Å². The van der Waals surface area contributed by atoms with Crippen LogP contribution in [0.15, 0.2) is 48.5 Å². The normalized spacial score (nSPS) is 16.0. The predicted octanol–water partition coefficient (Wildman–Crippen LogP) is 5.54. The summed E-state index contributed by atoms with van der Waals surface area (Å²) in [7, 11) is 0. The molecule has 3 N–H and O–H groups in total. The number of rotatable bonds is 5. The largest absolute Gasteiger partial charge is 0.507 e. The van der Waals surface area contributed by atoms with Gasteiger partial charge in [-0.3, -0.25) is 4.79 Å². The highest BCUT2D eigenvalue weighted by Gasteiger charge is 2.29. The second-order valence-electron chi connectivity index (χ2n) is 8.76. The van der Waals surface area contributed by atoms with Crippen LogP contribution >= 0.6 is 11.6 Å². The summed E-state index contributed by atoms with van der Waals surface area (Å²) < 4.78 is 1.46. The number of aromatic hydroxyl groups is 1. The van der Waals surface area contributed by atoms with E-state index in [0.29, 0.717) is 27.5 Å². The van der Waals surface area contributed by atoms with Crippen LogP contribution in [0, 0.1) is 0 Å². The van der Waals surface area contributed by atoms with Crippen LogP contribution in [0.5, 0.6) is 5.75 Å². The first-order valence-corrected chi connectivity index (χ1v) is 11.7. The molecule has 3 aromatic rings. The molecule has 2 amide bonds. The van der Waals surface area contributed by atoms with E-state index < -0.39 is 0 Å². The van der Waals surface area contributed by atoms with Crippen molar-refractivity contribution >= 4 is 29.2 Å². The summed E-state index contributed by atoms with van der Waals surface area (Å²) in [6, 6.07) is 13.3. The number of carbonyl (C=O) groups excluding carboxylic acids is 2. The number of phenolic OH excluding ortho intramolecular Hbond substituents is 1. The summed E-state index contributed by atoms with van der Waals surface area (Å²) in [5.74, 6) is 0.0140. The van der Waals surface area contributed by atoms with Gasteiger partial charge in [0.05, 0.1) is 11.4 Å². The van der Waals surface area contributed by atoms with Gasteiger partial charge in [-0.05, 0) is 74.2 Å². The lowest BCUT2D eigenvalue weighted by Crippen LogP contribution is -2.32. The van der Waals surface area contributed by atoms with Gasteiger partial charge in [0.1, 0.15) is 5.75 Å². The molecule has 1 aromatic heterocycles. The van der Waals surface area contributed by atoms with E-state index in [1.807, 2.05) is 6.07 Å². The van der Waals surface area contributed by atoms with Gasteiger partial charge >= 0.3 is 6.03 Å². The molecule has 1 heterocycles. The molecule has 0 spiro atoms. The Morgan fingerprint density at radius 1 is 1.00 bits per heavy atom. The number of nitrogens with zero attached hydrogens (tertiary/aromatic N) is 2. The van der Waals surface area contributed by atoms with E-state index in [1.54, 1.807) is 36.4 Å². The van der Waals surface area contributed by atoms with Gasteiger partial charge in [-0.15, -0.1) is 0 Å². The van der Waals surface area contributed by atoms with E-state index in [9.17, 15) is 14.7 Å². The lowest BCUT2D eigenvalue weighted by atomic mass is 10.0. The first kappa shape index (κ1) is 21.5. The fourth-order valence-corrected chi connectivity index (χ4v) is 4.42. The molecule has 0 radical (unpaired) electrons. The van der Waals surface area contributed by atoms with E-state index in [-0.39, 0.29) is 29.6 Å². The number of hydrogen-bond donors (Lipinski definition) is 3. The fourth-order valence-electron chi connectivity index (χ4n) is 4.29. The van der Waals surface area contributed by atoms with Gasteiger partial charge in [-0.1, -0.05) is 24.4 Å². The molecule has 33 heavy (non-hydrogen) atoms. The Hall–Kier alpha value is -3.32. The van der Waals surface area contributed by atoms with Crippen molar-refractivity contribution in [3.05, 3.63) is 64.8 Å². The topological polar surface area (TPSA) is 96.2 Å². The van der Waals surface area contributed by atoms with Gasteiger partial charge < -0.3 is 15.7 Å². The number of phenols is 1. The molecule has 0 aliphatic heterocycles. The maximum absolute atomic E-state index is 12.9. The lowest BCUT2D eigenvalue weighted by molar-refractivity contribution is 0.102. The van der Waals surface area contributed by atoms with Crippen LogP contribution in [0.1, 0.15) is 60.5 Å². The van der Waals surface area contributed by atoms with E-state index >= 15 is 0 Å². The van der Waals surface area contributed by atoms with Crippen LogP contribution in [0.3, 0.4) is 0 Å². The lowest BCUT2D eigenvalue weighted by Gasteiger charge is -2.11. The number of hydrogen-bond acceptors (Lipinski definition) is 4. The van der Waals surface area contributed by atoms with Crippen LogP contribution in [0.4, 0.5) is 10.5 Å². The smallest absolute Gasteiger partial charge is 0.342 e. The minimum atomic E-state index is -0.288. The Balaban J connectivity index is 1.44. The van der Waals surface area contributed by atoms with Crippen molar-refractivity contribution < 1.29 is 14.7 Å². The second kappa shape index (κ2) is 8.90. The Kier molecular flexibility index (Phi) is 5.81. The number of benzene rings is 2. The van der Waals surface area contributed by atoms with Gasteiger partial charge in [0.15, 0.2) is 0 Å². The molecule has 0 saturated heterocycles. The standard InChI is InChI=1S/C25H25ClN4O3/c26-17-7-5-16(6-8-17)24(32)27-19-11-12-23(31)20(13-19)21-14-22(15-3-1-2-4-15)30(29-21)25(33)28-18-9-10-18/h5-8,11-15,18,31H,1-4,9-10H2,(H,27,32)(H,28,33). The maximum Gasteiger partial charge on any atom is 0.342 e. The minimum absolute atomic E-state index is 0.0321. The average molecular weight is 465 g/mol. The Labute approximate surface area is 196 Å². The summed E-state index contributed by atoms with van der Waals surface area (Å²) in [6.45, 7) is 0. The molecule has 5 rings (SSSR count). The highest BCUT2D eigenvalue weighted by atomic mass is 35.5. The zero-order valence-electron chi connectivity index (χ0n) is 18.1. The van der Waals surface area contributed by atoms with Crippen LogP contribution < -0.4 is 10.6 Å². The molecular weight excluding hydrogens is 440 g/mol. The highest BCUT2D eigenvalue weighted by Crippen LogP contribution is 2.38. The zero-order valence-corrected chi connectivity index (χ0v) is 18.8. The zero-order chi connectivity index (χ0) is 22.9. The maximum atomic E-state index is 12.9. The molecule has 2 saturated carbocycles. The Bertz CT molecular complexity index is 1190. The van der Waals surface area contributed by atoms with Gasteiger partial charge in [0.2, 0.25) is 0 Å². The second-order valence-corrected chi connectivity index (χ2v) is 9.20. The minimum Gasteiger partial charge on any atom is -0.507 e. The summed E-state index contributed by atoms with van der Waals surface area (Å²) in [6.07, 6.45) is 6.29. The first-order chi connectivity index (χ1) is 16.0. The molecular formula is C25H25ClN4O3. The molecule has 0 bridgehead atoms. The average Bonchev–Trinajstić information content (AvgIpc) is 3.26. The fraction of sp³-hybridized carbons (Fsp3) is 0.320. The molecule has 2 aromatic carbocycles. The summed E-state index contributed by atoms with van der Waals surface area (Å²) >= 11 is 5.90. The van der Waals surface area contributed by atoms with Crippen LogP contribution in [-0.4, -0.2) is 32.9 Å². The molecule has 7 nitrogen and oxygen atoms in total. The monoisotopic (exact) mass is 464 g/mol. The van der Waals surface area contributed by atoms with Crippen molar-refractivity contribution in [1.29, 1.82) is 0 Å². The Morgan fingerprint density at radius 3 is 2.42 bits per heavy atom. The van der Waals surface area contributed by atoms with Crippen molar-refractivity contribution in [2.45, 2.75) is 50.5 Å². The SMILES string of the molecule is O=C(Nc1ccc(O)c(-c2cc(C3CCCC3)n(C(=O)NC3CC3)n2)c1)c1ccc(Cl)cc1.